The summed E-state index contributed by atoms with van der Waals surface area (Å²) in [6.45, 7) is 5.68. The van der Waals surface area contributed by atoms with Crippen molar-refractivity contribution in [2.45, 2.75) is 44.7 Å². The Labute approximate surface area is 269 Å². The molecule has 6 rings (SSSR count). The summed E-state index contributed by atoms with van der Waals surface area (Å²) in [5, 5.41) is 23.4. The fourth-order valence-electron chi connectivity index (χ4n) is 6.49. The molecular formula is C35H43N9O2. The number of piperazine rings is 1. The van der Waals surface area contributed by atoms with Crippen LogP contribution in [0.3, 0.4) is 0 Å². The Kier molecular flexibility index (Phi) is 10.4. The molecule has 4 aromatic rings. The molecule has 1 saturated heterocycles. The van der Waals surface area contributed by atoms with E-state index >= 15 is 0 Å². The van der Waals surface area contributed by atoms with E-state index in [1.54, 1.807) is 12.1 Å². The van der Waals surface area contributed by atoms with Crippen LogP contribution in [-0.4, -0.2) is 76.1 Å². The van der Waals surface area contributed by atoms with Gasteiger partial charge in [-0.05, 0) is 95.1 Å². The summed E-state index contributed by atoms with van der Waals surface area (Å²) >= 11 is 0. The van der Waals surface area contributed by atoms with Gasteiger partial charge in [-0.15, -0.1) is 5.10 Å². The fraction of sp³-hybridized carbons (Fsp3) is 0.400. The monoisotopic (exact) mass is 621 g/mol. The Bertz CT molecular complexity index is 1560. The van der Waals surface area contributed by atoms with E-state index < -0.39 is 6.04 Å². The molecule has 2 heterocycles. The summed E-state index contributed by atoms with van der Waals surface area (Å²) in [6.07, 6.45) is 3.84. The highest BCUT2D eigenvalue weighted by atomic mass is 16.2. The first-order valence-corrected chi connectivity index (χ1v) is 16.3. The van der Waals surface area contributed by atoms with E-state index in [1.807, 2.05) is 12.1 Å². The summed E-state index contributed by atoms with van der Waals surface area (Å²) in [6, 6.07) is 23.5. The lowest BCUT2D eigenvalue weighted by atomic mass is 9.81. The molecule has 1 aliphatic heterocycles. The molecule has 240 valence electrons. The molecule has 2 aliphatic rings. The normalized spacial score (nSPS) is 19.3. The first-order valence-electron chi connectivity index (χ1n) is 16.3. The van der Waals surface area contributed by atoms with E-state index in [2.05, 4.69) is 90.0 Å². The second kappa shape index (κ2) is 15.2. The third-order valence-electron chi connectivity index (χ3n) is 9.28. The number of aromatic amines is 1. The van der Waals surface area contributed by atoms with Crippen LogP contribution in [0.15, 0.2) is 72.8 Å². The lowest BCUT2D eigenvalue weighted by Crippen LogP contribution is -2.48. The van der Waals surface area contributed by atoms with E-state index in [1.165, 1.54) is 11.1 Å². The summed E-state index contributed by atoms with van der Waals surface area (Å²) < 4.78 is 0. The van der Waals surface area contributed by atoms with Gasteiger partial charge in [0, 0.05) is 56.3 Å². The quantitative estimate of drug-likeness (QED) is 0.171. The molecule has 2 amide bonds. The van der Waals surface area contributed by atoms with Crippen molar-refractivity contribution in [1.82, 2.24) is 36.2 Å². The van der Waals surface area contributed by atoms with Crippen molar-refractivity contribution in [3.05, 3.63) is 83.9 Å². The largest absolute Gasteiger partial charge is 0.344 e. The molecule has 1 saturated carbocycles. The number of amides is 2. The van der Waals surface area contributed by atoms with Crippen LogP contribution < -0.4 is 21.7 Å². The number of H-pyrrole nitrogens is 1. The molecule has 0 bridgehead atoms. The predicted octanol–water partition coefficient (Wildman–Crippen LogP) is 3.37. The number of nitrogens with two attached hydrogens (primary N) is 1. The number of benzene rings is 3. The Morgan fingerprint density at radius 2 is 1.63 bits per heavy atom. The average Bonchev–Trinajstić information content (AvgIpc) is 3.65. The highest BCUT2D eigenvalue weighted by molar-refractivity contribution is 5.97. The number of carbonyl (C=O) groups is 2. The van der Waals surface area contributed by atoms with Crippen molar-refractivity contribution in [3.63, 3.8) is 0 Å². The lowest BCUT2D eigenvalue weighted by molar-refractivity contribution is -0.130. The van der Waals surface area contributed by atoms with Gasteiger partial charge in [0.15, 0.2) is 5.82 Å². The molecule has 3 aromatic carbocycles. The van der Waals surface area contributed by atoms with Crippen molar-refractivity contribution < 1.29 is 9.59 Å². The van der Waals surface area contributed by atoms with Crippen LogP contribution in [0.25, 0.3) is 22.5 Å². The van der Waals surface area contributed by atoms with Crippen LogP contribution >= 0.6 is 0 Å². The van der Waals surface area contributed by atoms with Gasteiger partial charge in [0.05, 0.1) is 0 Å². The van der Waals surface area contributed by atoms with Gasteiger partial charge in [0.1, 0.15) is 6.04 Å². The zero-order valence-electron chi connectivity index (χ0n) is 26.1. The van der Waals surface area contributed by atoms with Gasteiger partial charge in [0.2, 0.25) is 11.8 Å². The first kappa shape index (κ1) is 31.5. The van der Waals surface area contributed by atoms with E-state index in [0.29, 0.717) is 30.4 Å². The van der Waals surface area contributed by atoms with Crippen LogP contribution in [0.2, 0.25) is 0 Å². The third kappa shape index (κ3) is 8.03. The van der Waals surface area contributed by atoms with Gasteiger partial charge in [-0.3, -0.25) is 14.5 Å². The molecule has 0 unspecified atom stereocenters. The zero-order valence-corrected chi connectivity index (χ0v) is 26.1. The summed E-state index contributed by atoms with van der Waals surface area (Å²) in [5.41, 5.74) is 11.9. The number of hydrogen-bond acceptors (Lipinski definition) is 8. The SMILES string of the molecule is NC[C@H]1CC[C@H](C(=O)N[C@@H](Cc2ccc(-c3ccccc3CN3CCNCC3)cc2)C(=O)Nc2ccc(-c3nnn[nH]3)cc2)CC1. The van der Waals surface area contributed by atoms with E-state index in [-0.39, 0.29) is 17.7 Å². The molecule has 6 N–H and O–H groups in total. The minimum absolute atomic E-state index is 0.0674. The number of carbonyl (C=O) groups excluding carboxylic acids is 2. The van der Waals surface area contributed by atoms with Crippen molar-refractivity contribution in [2.75, 3.05) is 38.0 Å². The topological polar surface area (TPSA) is 154 Å². The number of nitrogens with zero attached hydrogens (tertiary/aromatic N) is 4. The Morgan fingerprint density at radius 3 is 2.33 bits per heavy atom. The average molecular weight is 622 g/mol. The standard InChI is InChI=1S/C35H43N9O2/c36-22-25-7-11-28(12-8-25)34(45)39-32(35(46)38-30-15-13-27(14-16-30)33-40-42-43-41-33)21-24-5-9-26(10-6-24)31-4-2-1-3-29(31)23-44-19-17-37-18-20-44/h1-6,9-10,13-16,25,28,32,37H,7-8,11-12,17-23,36H2,(H,38,46)(H,39,45)(H,40,41,42,43)/t25-,28-,32-/m0/s1. The van der Waals surface area contributed by atoms with Crippen LogP contribution in [0.1, 0.15) is 36.8 Å². The number of anilines is 1. The van der Waals surface area contributed by atoms with Crippen LogP contribution in [-0.2, 0) is 22.6 Å². The summed E-state index contributed by atoms with van der Waals surface area (Å²) in [5.74, 6) is 0.579. The number of nitrogens with one attached hydrogen (secondary N) is 4. The molecule has 1 aliphatic carbocycles. The maximum absolute atomic E-state index is 13.7. The van der Waals surface area contributed by atoms with Crippen molar-refractivity contribution in [2.24, 2.45) is 17.6 Å². The molecular weight excluding hydrogens is 578 g/mol. The van der Waals surface area contributed by atoms with E-state index in [0.717, 1.165) is 75.1 Å². The first-order chi connectivity index (χ1) is 22.6. The molecule has 1 atom stereocenters. The number of tetrazole rings is 1. The summed E-state index contributed by atoms with van der Waals surface area (Å²) in [4.78, 5) is 29.6. The predicted molar refractivity (Wildman–Crippen MR) is 178 cm³/mol. The lowest BCUT2D eigenvalue weighted by Gasteiger charge is -2.28. The number of rotatable bonds is 11. The molecule has 11 nitrogen and oxygen atoms in total. The van der Waals surface area contributed by atoms with Crippen LogP contribution in [0.4, 0.5) is 5.69 Å². The Hall–Kier alpha value is -4.45. The van der Waals surface area contributed by atoms with Gasteiger partial charge in [-0.1, -0.05) is 48.5 Å². The molecule has 0 spiro atoms. The van der Waals surface area contributed by atoms with E-state index in [9.17, 15) is 9.59 Å². The molecule has 0 radical (unpaired) electrons. The summed E-state index contributed by atoms with van der Waals surface area (Å²) in [7, 11) is 0. The van der Waals surface area contributed by atoms with Gasteiger partial charge in [0.25, 0.3) is 0 Å². The second-order valence-electron chi connectivity index (χ2n) is 12.4. The fourth-order valence-corrected chi connectivity index (χ4v) is 6.49. The van der Waals surface area contributed by atoms with Gasteiger partial charge >= 0.3 is 0 Å². The molecule has 2 fully saturated rings. The van der Waals surface area contributed by atoms with Gasteiger partial charge in [-0.2, -0.15) is 0 Å². The van der Waals surface area contributed by atoms with Crippen LogP contribution in [0.5, 0.6) is 0 Å². The van der Waals surface area contributed by atoms with Crippen molar-refractivity contribution in [1.29, 1.82) is 0 Å². The number of aromatic nitrogens is 4. The van der Waals surface area contributed by atoms with Gasteiger partial charge < -0.3 is 21.7 Å². The Morgan fingerprint density at radius 1 is 0.913 bits per heavy atom. The van der Waals surface area contributed by atoms with Crippen LogP contribution in [0, 0.1) is 11.8 Å². The molecule has 11 heteroatoms. The Balaban J connectivity index is 1.16. The maximum Gasteiger partial charge on any atom is 0.247 e. The van der Waals surface area contributed by atoms with Gasteiger partial charge in [-0.25, -0.2) is 5.10 Å². The highest BCUT2D eigenvalue weighted by Crippen LogP contribution is 2.29. The highest BCUT2D eigenvalue weighted by Gasteiger charge is 2.29. The van der Waals surface area contributed by atoms with Crippen molar-refractivity contribution in [3.8, 4) is 22.5 Å². The van der Waals surface area contributed by atoms with Crippen molar-refractivity contribution >= 4 is 17.5 Å². The maximum atomic E-state index is 13.7. The van der Waals surface area contributed by atoms with E-state index in [4.69, 9.17) is 5.73 Å². The third-order valence-corrected chi connectivity index (χ3v) is 9.28. The molecule has 1 aromatic heterocycles. The molecule has 46 heavy (non-hydrogen) atoms. The zero-order chi connectivity index (χ0) is 31.7. The smallest absolute Gasteiger partial charge is 0.247 e. The number of hydrogen-bond donors (Lipinski definition) is 5. The minimum Gasteiger partial charge on any atom is -0.344 e. The minimum atomic E-state index is -0.733. The second-order valence-corrected chi connectivity index (χ2v) is 12.4.